The Morgan fingerprint density at radius 1 is 1.15 bits per heavy atom. The van der Waals surface area contributed by atoms with Crippen LogP contribution in [0.5, 0.6) is 0 Å². The van der Waals surface area contributed by atoms with Gasteiger partial charge in [-0.3, -0.25) is 4.79 Å². The van der Waals surface area contributed by atoms with E-state index in [0.29, 0.717) is 12.1 Å². The van der Waals surface area contributed by atoms with Gasteiger partial charge in [0.1, 0.15) is 11.8 Å². The number of furan rings is 1. The van der Waals surface area contributed by atoms with Crippen LogP contribution in [0.3, 0.4) is 0 Å². The molecule has 4 heteroatoms. The average molecular weight is 330 g/mol. The topological polar surface area (TPSA) is 42.2 Å². The lowest BCUT2D eigenvalue weighted by molar-refractivity contribution is 0.0951. The SMILES string of the molecule is O=C(NCc1cccc(Br)c1)c1coc2ccccc12. The molecule has 0 fully saturated rings. The van der Waals surface area contributed by atoms with Crippen molar-refractivity contribution < 1.29 is 9.21 Å². The minimum absolute atomic E-state index is 0.130. The first kappa shape index (κ1) is 12.9. The first-order valence-corrected chi connectivity index (χ1v) is 7.02. The summed E-state index contributed by atoms with van der Waals surface area (Å²) < 4.78 is 6.37. The van der Waals surface area contributed by atoms with E-state index < -0.39 is 0 Å². The van der Waals surface area contributed by atoms with Gasteiger partial charge in [0.15, 0.2) is 0 Å². The van der Waals surface area contributed by atoms with Crippen LogP contribution in [0.2, 0.25) is 0 Å². The van der Waals surface area contributed by atoms with Crippen LogP contribution in [0.1, 0.15) is 15.9 Å². The molecule has 0 saturated heterocycles. The predicted octanol–water partition coefficient (Wildman–Crippen LogP) is 4.13. The maximum Gasteiger partial charge on any atom is 0.255 e. The first-order chi connectivity index (χ1) is 9.74. The molecule has 3 rings (SSSR count). The number of hydrogen-bond acceptors (Lipinski definition) is 2. The standard InChI is InChI=1S/C16H12BrNO2/c17-12-5-3-4-11(8-12)9-18-16(19)14-10-20-15-7-2-1-6-13(14)15/h1-8,10H,9H2,(H,18,19). The van der Waals surface area contributed by atoms with E-state index in [-0.39, 0.29) is 5.91 Å². The second-order valence-corrected chi connectivity index (χ2v) is 5.37. The summed E-state index contributed by atoms with van der Waals surface area (Å²) in [6, 6.07) is 15.4. The highest BCUT2D eigenvalue weighted by molar-refractivity contribution is 9.10. The molecule has 0 saturated carbocycles. The average Bonchev–Trinajstić information content (AvgIpc) is 2.89. The number of hydrogen-bond donors (Lipinski definition) is 1. The molecule has 0 bridgehead atoms. The van der Waals surface area contributed by atoms with Crippen LogP contribution in [-0.2, 0) is 6.54 Å². The Morgan fingerprint density at radius 2 is 2.00 bits per heavy atom. The number of fused-ring (bicyclic) bond motifs is 1. The summed E-state index contributed by atoms with van der Waals surface area (Å²) in [7, 11) is 0. The van der Waals surface area contributed by atoms with E-state index in [9.17, 15) is 4.79 Å². The monoisotopic (exact) mass is 329 g/mol. The zero-order chi connectivity index (χ0) is 13.9. The zero-order valence-electron chi connectivity index (χ0n) is 10.6. The van der Waals surface area contributed by atoms with E-state index >= 15 is 0 Å². The van der Waals surface area contributed by atoms with E-state index in [0.717, 1.165) is 21.0 Å². The molecule has 0 aliphatic heterocycles. The van der Waals surface area contributed by atoms with Crippen molar-refractivity contribution in [2.45, 2.75) is 6.54 Å². The van der Waals surface area contributed by atoms with Gasteiger partial charge in [-0.2, -0.15) is 0 Å². The number of nitrogens with one attached hydrogen (secondary N) is 1. The van der Waals surface area contributed by atoms with E-state index in [1.807, 2.05) is 48.5 Å². The Kier molecular flexibility index (Phi) is 3.56. The molecule has 1 N–H and O–H groups in total. The molecule has 1 heterocycles. The summed E-state index contributed by atoms with van der Waals surface area (Å²) in [5, 5.41) is 3.73. The fourth-order valence-electron chi connectivity index (χ4n) is 2.08. The van der Waals surface area contributed by atoms with E-state index in [2.05, 4.69) is 21.2 Å². The molecule has 3 nitrogen and oxygen atoms in total. The van der Waals surface area contributed by atoms with Crippen LogP contribution in [0, 0.1) is 0 Å². The van der Waals surface area contributed by atoms with Gasteiger partial charge in [0.05, 0.1) is 5.56 Å². The highest BCUT2D eigenvalue weighted by Gasteiger charge is 2.12. The van der Waals surface area contributed by atoms with Crippen LogP contribution in [0.25, 0.3) is 11.0 Å². The van der Waals surface area contributed by atoms with Gasteiger partial charge in [-0.25, -0.2) is 0 Å². The maximum absolute atomic E-state index is 12.2. The Bertz CT molecular complexity index is 764. The third kappa shape index (κ3) is 2.60. The summed E-state index contributed by atoms with van der Waals surface area (Å²) in [5.41, 5.74) is 2.33. The maximum atomic E-state index is 12.2. The molecule has 0 aliphatic rings. The van der Waals surface area contributed by atoms with Crippen LogP contribution >= 0.6 is 15.9 Å². The minimum Gasteiger partial charge on any atom is -0.463 e. The molecule has 20 heavy (non-hydrogen) atoms. The van der Waals surface area contributed by atoms with Gasteiger partial charge < -0.3 is 9.73 Å². The summed E-state index contributed by atoms with van der Waals surface area (Å²) >= 11 is 3.41. The lowest BCUT2D eigenvalue weighted by atomic mass is 10.1. The van der Waals surface area contributed by atoms with Crippen molar-refractivity contribution in [3.8, 4) is 0 Å². The third-order valence-electron chi connectivity index (χ3n) is 3.07. The van der Waals surface area contributed by atoms with Gasteiger partial charge in [-0.1, -0.05) is 46.3 Å². The lowest BCUT2D eigenvalue weighted by Gasteiger charge is -2.04. The molecular formula is C16H12BrNO2. The second-order valence-electron chi connectivity index (χ2n) is 4.46. The van der Waals surface area contributed by atoms with E-state index in [4.69, 9.17) is 4.42 Å². The second kappa shape index (κ2) is 5.51. The van der Waals surface area contributed by atoms with Crippen molar-refractivity contribution in [3.63, 3.8) is 0 Å². The van der Waals surface area contributed by atoms with Crippen molar-refractivity contribution in [2.75, 3.05) is 0 Å². The molecule has 1 aromatic heterocycles. The van der Waals surface area contributed by atoms with Crippen molar-refractivity contribution >= 4 is 32.8 Å². The summed E-state index contributed by atoms with van der Waals surface area (Å²) in [6.45, 7) is 0.484. The molecule has 1 amide bonds. The zero-order valence-corrected chi connectivity index (χ0v) is 12.2. The molecule has 2 aromatic carbocycles. The molecular weight excluding hydrogens is 318 g/mol. The highest BCUT2D eigenvalue weighted by atomic mass is 79.9. The fraction of sp³-hybridized carbons (Fsp3) is 0.0625. The van der Waals surface area contributed by atoms with Gasteiger partial charge in [0.2, 0.25) is 0 Å². The van der Waals surface area contributed by atoms with Crippen molar-refractivity contribution in [1.82, 2.24) is 5.32 Å². The van der Waals surface area contributed by atoms with Crippen LogP contribution in [0.15, 0.2) is 63.7 Å². The molecule has 3 aromatic rings. The number of carbonyl (C=O) groups excluding carboxylic acids is 1. The van der Waals surface area contributed by atoms with Crippen molar-refractivity contribution in [2.24, 2.45) is 0 Å². The van der Waals surface area contributed by atoms with Crippen molar-refractivity contribution in [1.29, 1.82) is 0 Å². The Hall–Kier alpha value is -2.07. The minimum atomic E-state index is -0.130. The molecule has 0 radical (unpaired) electrons. The van der Waals surface area contributed by atoms with Gasteiger partial charge in [-0.15, -0.1) is 0 Å². The quantitative estimate of drug-likeness (QED) is 0.785. The van der Waals surface area contributed by atoms with E-state index in [1.54, 1.807) is 0 Å². The normalized spacial score (nSPS) is 10.7. The molecule has 100 valence electrons. The van der Waals surface area contributed by atoms with Gasteiger partial charge in [0.25, 0.3) is 5.91 Å². The lowest BCUT2D eigenvalue weighted by Crippen LogP contribution is -2.22. The number of rotatable bonds is 3. The summed E-state index contributed by atoms with van der Waals surface area (Å²) in [5.74, 6) is -0.130. The number of para-hydroxylation sites is 1. The number of benzene rings is 2. The van der Waals surface area contributed by atoms with Gasteiger partial charge >= 0.3 is 0 Å². The Balaban J connectivity index is 1.76. The molecule has 0 spiro atoms. The third-order valence-corrected chi connectivity index (χ3v) is 3.56. The largest absolute Gasteiger partial charge is 0.463 e. The van der Waals surface area contributed by atoms with Crippen molar-refractivity contribution in [3.05, 3.63) is 70.4 Å². The number of halogens is 1. The first-order valence-electron chi connectivity index (χ1n) is 6.23. The smallest absolute Gasteiger partial charge is 0.255 e. The summed E-state index contributed by atoms with van der Waals surface area (Å²) in [6.07, 6.45) is 1.50. The number of amides is 1. The molecule has 0 unspecified atom stereocenters. The Morgan fingerprint density at radius 3 is 2.85 bits per heavy atom. The fourth-order valence-corrected chi connectivity index (χ4v) is 2.52. The van der Waals surface area contributed by atoms with Crippen LogP contribution in [0.4, 0.5) is 0 Å². The van der Waals surface area contributed by atoms with Crippen LogP contribution in [-0.4, -0.2) is 5.91 Å². The highest BCUT2D eigenvalue weighted by Crippen LogP contribution is 2.20. The Labute approximate surface area is 124 Å². The molecule has 0 aliphatic carbocycles. The van der Waals surface area contributed by atoms with Crippen LogP contribution < -0.4 is 5.32 Å². The van der Waals surface area contributed by atoms with Gasteiger partial charge in [-0.05, 0) is 23.8 Å². The predicted molar refractivity (Wildman–Crippen MR) is 81.5 cm³/mol. The number of carbonyl (C=O) groups is 1. The summed E-state index contributed by atoms with van der Waals surface area (Å²) in [4.78, 5) is 12.2. The molecule has 0 atom stereocenters. The van der Waals surface area contributed by atoms with E-state index in [1.165, 1.54) is 6.26 Å². The van der Waals surface area contributed by atoms with Gasteiger partial charge in [0, 0.05) is 16.4 Å².